The lowest BCUT2D eigenvalue weighted by Gasteiger charge is -2.35. The summed E-state index contributed by atoms with van der Waals surface area (Å²) in [4.78, 5) is 22.6. The number of aromatic nitrogens is 4. The zero-order valence-electron chi connectivity index (χ0n) is 18.2. The number of nitrogens with one attached hydrogen (secondary N) is 2. The number of H-pyrrole nitrogens is 1. The van der Waals surface area contributed by atoms with E-state index in [-0.39, 0.29) is 32.3 Å². The molecule has 2 aromatic heterocycles. The predicted octanol–water partition coefficient (Wildman–Crippen LogP) is 1.21. The Kier molecular flexibility index (Phi) is 8.50. The molecule has 10 nitrogen and oxygen atoms in total. The van der Waals surface area contributed by atoms with E-state index in [0.29, 0.717) is 26.2 Å². The molecule has 3 heterocycles. The third-order valence-corrected chi connectivity index (χ3v) is 5.10. The van der Waals surface area contributed by atoms with Crippen molar-refractivity contribution in [1.29, 1.82) is 0 Å². The highest BCUT2D eigenvalue weighted by atomic mass is 19.4. The highest BCUT2D eigenvalue weighted by Gasteiger charge is 2.37. The van der Waals surface area contributed by atoms with Crippen LogP contribution in [-0.4, -0.2) is 88.8 Å². The molecule has 0 aromatic carbocycles. The molecule has 0 radical (unpaired) electrons. The summed E-state index contributed by atoms with van der Waals surface area (Å²) in [5, 5.41) is 17.7. The number of hydrogen-bond acceptors (Lipinski definition) is 9. The summed E-state index contributed by atoms with van der Waals surface area (Å²) >= 11 is 0. The monoisotopic (exact) mass is 511 g/mol. The molecule has 1 fully saturated rings. The van der Waals surface area contributed by atoms with Gasteiger partial charge < -0.3 is 20.1 Å². The Morgan fingerprint density at radius 3 is 2.31 bits per heavy atom. The molecule has 3 rings (SSSR count). The molecule has 2 aromatic rings. The zero-order valence-corrected chi connectivity index (χ0v) is 18.2. The second kappa shape index (κ2) is 11.2. The second-order valence-electron chi connectivity index (χ2n) is 7.70. The van der Waals surface area contributed by atoms with E-state index in [1.54, 1.807) is 10.00 Å². The molecule has 1 aliphatic heterocycles. The summed E-state index contributed by atoms with van der Waals surface area (Å²) < 4.78 is 82.1. The summed E-state index contributed by atoms with van der Waals surface area (Å²) in [5.41, 5.74) is -4.13. The van der Waals surface area contributed by atoms with E-state index in [9.17, 15) is 36.2 Å². The minimum atomic E-state index is -4.85. The Balaban J connectivity index is 1.35. The second-order valence-corrected chi connectivity index (χ2v) is 7.70. The number of β-amino-alcohol motifs (C(OH)–C–C–N with tert-alkyl or cyclic N) is 1. The van der Waals surface area contributed by atoms with E-state index in [4.69, 9.17) is 4.74 Å². The number of aliphatic hydroxyl groups excluding tert-OH is 1. The van der Waals surface area contributed by atoms with Gasteiger partial charge in [0, 0.05) is 51.7 Å². The van der Waals surface area contributed by atoms with Crippen LogP contribution in [0, 0.1) is 0 Å². The molecule has 1 unspecified atom stereocenters. The van der Waals surface area contributed by atoms with Crippen LogP contribution in [0.5, 0.6) is 0 Å². The van der Waals surface area contributed by atoms with Crippen molar-refractivity contribution in [3.05, 3.63) is 40.1 Å². The number of hydrogen-bond donors (Lipinski definition) is 3. The fraction of sp³-hybridized carbons (Fsp3) is 0.579. The summed E-state index contributed by atoms with van der Waals surface area (Å²) in [7, 11) is 0. The van der Waals surface area contributed by atoms with Gasteiger partial charge in [0.05, 0.1) is 36.8 Å². The van der Waals surface area contributed by atoms with Crippen LogP contribution >= 0.6 is 0 Å². The minimum Gasteiger partial charge on any atom is -0.389 e. The lowest BCUT2D eigenvalue weighted by molar-refractivity contribution is -0.139. The van der Waals surface area contributed by atoms with Crippen LogP contribution in [0.2, 0.25) is 0 Å². The quantitative estimate of drug-likeness (QED) is 0.337. The molecule has 0 aliphatic carbocycles. The van der Waals surface area contributed by atoms with Crippen molar-refractivity contribution < 1.29 is 36.2 Å². The number of halogens is 6. The van der Waals surface area contributed by atoms with Gasteiger partial charge in [-0.2, -0.15) is 31.4 Å². The molecule has 1 saturated heterocycles. The van der Waals surface area contributed by atoms with Crippen LogP contribution in [0.15, 0.2) is 23.4 Å². The summed E-state index contributed by atoms with van der Waals surface area (Å²) in [6.45, 7) is 2.06. The zero-order chi connectivity index (χ0) is 25.6. The van der Waals surface area contributed by atoms with Crippen LogP contribution < -0.4 is 15.8 Å². The largest absolute Gasteiger partial charge is 0.423 e. The van der Waals surface area contributed by atoms with Gasteiger partial charge in [-0.3, -0.25) is 9.69 Å². The molecule has 35 heavy (non-hydrogen) atoms. The lowest BCUT2D eigenvalue weighted by atomic mass is 10.2. The van der Waals surface area contributed by atoms with Crippen molar-refractivity contribution >= 4 is 11.6 Å². The highest BCUT2D eigenvalue weighted by molar-refractivity contribution is 5.49. The van der Waals surface area contributed by atoms with E-state index < -0.39 is 40.8 Å². The van der Waals surface area contributed by atoms with Gasteiger partial charge in [0.15, 0.2) is 0 Å². The fourth-order valence-electron chi connectivity index (χ4n) is 3.40. The smallest absolute Gasteiger partial charge is 0.389 e. The van der Waals surface area contributed by atoms with E-state index in [1.807, 2.05) is 4.90 Å². The van der Waals surface area contributed by atoms with Crippen molar-refractivity contribution in [2.45, 2.75) is 18.5 Å². The minimum absolute atomic E-state index is 0.0276. The first kappa shape index (κ1) is 26.6. The van der Waals surface area contributed by atoms with E-state index >= 15 is 0 Å². The van der Waals surface area contributed by atoms with Gasteiger partial charge in [-0.25, -0.2) is 15.1 Å². The number of anilines is 2. The van der Waals surface area contributed by atoms with Gasteiger partial charge in [-0.15, -0.1) is 0 Å². The van der Waals surface area contributed by atoms with Crippen LogP contribution in [0.25, 0.3) is 0 Å². The highest BCUT2D eigenvalue weighted by Crippen LogP contribution is 2.31. The van der Waals surface area contributed by atoms with Gasteiger partial charge in [0.2, 0.25) is 5.95 Å². The molecule has 0 bridgehead atoms. The van der Waals surface area contributed by atoms with Crippen LogP contribution in [-0.2, 0) is 17.1 Å². The average Bonchev–Trinajstić information content (AvgIpc) is 2.78. The average molecular weight is 511 g/mol. The summed E-state index contributed by atoms with van der Waals surface area (Å²) in [6.07, 6.45) is -7.89. The first-order valence-corrected chi connectivity index (χ1v) is 10.5. The van der Waals surface area contributed by atoms with Crippen LogP contribution in [0.4, 0.5) is 38.0 Å². The number of nitrogens with zero attached hydrogens (tertiary/aromatic N) is 5. The van der Waals surface area contributed by atoms with E-state index in [0.717, 1.165) is 18.6 Å². The van der Waals surface area contributed by atoms with Gasteiger partial charge in [0.1, 0.15) is 5.56 Å². The maximum Gasteiger partial charge on any atom is 0.423 e. The Morgan fingerprint density at radius 1 is 1.06 bits per heavy atom. The molecule has 194 valence electrons. The van der Waals surface area contributed by atoms with Crippen LogP contribution in [0.3, 0.4) is 0 Å². The number of aliphatic hydroxyl groups is 1. The van der Waals surface area contributed by atoms with Crippen molar-refractivity contribution in [2.75, 3.05) is 62.7 Å². The first-order chi connectivity index (χ1) is 16.4. The van der Waals surface area contributed by atoms with Gasteiger partial charge in [-0.05, 0) is 0 Å². The number of rotatable bonds is 9. The van der Waals surface area contributed by atoms with E-state index in [1.165, 1.54) is 0 Å². The SMILES string of the molecule is O=c1[nH]ncc(NCCOCC(O)CN2CCN(c3ncc(C(F)(F)F)cn3)CC2)c1C(F)(F)F. The van der Waals surface area contributed by atoms with E-state index in [2.05, 4.69) is 20.4 Å². The van der Waals surface area contributed by atoms with Crippen molar-refractivity contribution in [2.24, 2.45) is 0 Å². The maximum atomic E-state index is 13.0. The lowest BCUT2D eigenvalue weighted by Crippen LogP contribution is -2.49. The Labute approximate surface area is 194 Å². The van der Waals surface area contributed by atoms with Gasteiger partial charge in [-0.1, -0.05) is 0 Å². The summed E-state index contributed by atoms with van der Waals surface area (Å²) in [5.74, 6) is 0.193. The molecule has 1 atom stereocenters. The predicted molar refractivity (Wildman–Crippen MR) is 111 cm³/mol. The van der Waals surface area contributed by atoms with Gasteiger partial charge >= 0.3 is 12.4 Å². The molecule has 0 spiro atoms. The number of aromatic amines is 1. The molecule has 0 saturated carbocycles. The van der Waals surface area contributed by atoms with Crippen molar-refractivity contribution in [1.82, 2.24) is 25.1 Å². The normalized spacial score (nSPS) is 16.4. The van der Waals surface area contributed by atoms with Crippen LogP contribution in [0.1, 0.15) is 11.1 Å². The van der Waals surface area contributed by atoms with Gasteiger partial charge in [0.25, 0.3) is 5.56 Å². The van der Waals surface area contributed by atoms with Crippen molar-refractivity contribution in [3.63, 3.8) is 0 Å². The third kappa shape index (κ3) is 7.50. The Morgan fingerprint density at radius 2 is 1.71 bits per heavy atom. The first-order valence-electron chi connectivity index (χ1n) is 10.5. The molecular formula is C19H23F6N7O3. The molecule has 1 aliphatic rings. The molecule has 0 amide bonds. The third-order valence-electron chi connectivity index (χ3n) is 5.10. The number of piperazine rings is 1. The standard InChI is InChI=1S/C19H23F6N7O3/c20-18(21,22)12-7-27-17(28-8-12)32-4-2-31(3-5-32)10-13(33)11-35-6-1-26-14-9-29-30-16(34)15(14)19(23,24)25/h7-9,13,33H,1-6,10-11H2,(H2,26,30,34). The number of alkyl halides is 6. The summed E-state index contributed by atoms with van der Waals surface area (Å²) in [6, 6.07) is 0. The molecule has 16 heteroatoms. The fourth-order valence-corrected chi connectivity index (χ4v) is 3.40. The topological polar surface area (TPSA) is 120 Å². The number of ether oxygens (including phenoxy) is 1. The molecular weight excluding hydrogens is 488 g/mol. The Hall–Kier alpha value is -2.98. The molecule has 3 N–H and O–H groups in total. The van der Waals surface area contributed by atoms with Crippen molar-refractivity contribution in [3.8, 4) is 0 Å². The Bertz CT molecular complexity index is 1010. The maximum absolute atomic E-state index is 13.0.